The van der Waals surface area contributed by atoms with Gasteiger partial charge < -0.3 is 14.4 Å². The molecule has 0 fully saturated rings. The van der Waals surface area contributed by atoms with Crippen molar-refractivity contribution in [2.75, 3.05) is 20.2 Å². The molecular formula is C22H29NO3. The number of nitrogens with zero attached hydrogens (tertiary/aromatic N) is 1. The molecule has 140 valence electrons. The van der Waals surface area contributed by atoms with Gasteiger partial charge in [-0.05, 0) is 75.6 Å². The first kappa shape index (κ1) is 19.8. The van der Waals surface area contributed by atoms with Gasteiger partial charge in [0.05, 0.1) is 7.11 Å². The fourth-order valence-electron chi connectivity index (χ4n) is 3.02. The van der Waals surface area contributed by atoms with Crippen molar-refractivity contribution in [3.05, 3.63) is 58.1 Å². The summed E-state index contributed by atoms with van der Waals surface area (Å²) in [5.41, 5.74) is 5.03. The van der Waals surface area contributed by atoms with E-state index in [1.165, 1.54) is 11.1 Å². The number of rotatable bonds is 7. The second-order valence-electron chi connectivity index (χ2n) is 6.50. The van der Waals surface area contributed by atoms with Crippen molar-refractivity contribution < 1.29 is 14.3 Å². The second kappa shape index (κ2) is 8.75. The maximum absolute atomic E-state index is 12.6. The monoisotopic (exact) mass is 355 g/mol. The van der Waals surface area contributed by atoms with Gasteiger partial charge in [0.2, 0.25) is 0 Å². The highest BCUT2D eigenvalue weighted by Gasteiger charge is 2.15. The molecule has 0 spiro atoms. The number of methoxy groups -OCH3 is 1. The number of amides is 1. The van der Waals surface area contributed by atoms with Gasteiger partial charge in [-0.3, -0.25) is 4.79 Å². The minimum absolute atomic E-state index is 0.0292. The van der Waals surface area contributed by atoms with Crippen LogP contribution in [-0.2, 0) is 6.61 Å². The van der Waals surface area contributed by atoms with Gasteiger partial charge in [0.1, 0.15) is 18.1 Å². The first-order valence-electron chi connectivity index (χ1n) is 9.08. The first-order chi connectivity index (χ1) is 12.4. The zero-order valence-electron chi connectivity index (χ0n) is 16.7. The zero-order chi connectivity index (χ0) is 19.3. The van der Waals surface area contributed by atoms with Crippen molar-refractivity contribution in [2.45, 2.75) is 41.2 Å². The quantitative estimate of drug-likeness (QED) is 0.724. The molecule has 4 nitrogen and oxygen atoms in total. The average Bonchev–Trinajstić information content (AvgIpc) is 2.64. The Labute approximate surface area is 156 Å². The number of carbonyl (C=O) groups excluding carboxylic acids is 1. The molecule has 0 saturated heterocycles. The van der Waals surface area contributed by atoms with Crippen molar-refractivity contribution in [2.24, 2.45) is 0 Å². The summed E-state index contributed by atoms with van der Waals surface area (Å²) in [5, 5.41) is 0. The van der Waals surface area contributed by atoms with E-state index in [0.29, 0.717) is 25.3 Å². The van der Waals surface area contributed by atoms with Crippen molar-refractivity contribution in [3.8, 4) is 11.5 Å². The molecule has 1 amide bonds. The molecule has 0 aliphatic rings. The van der Waals surface area contributed by atoms with Crippen LogP contribution >= 0.6 is 0 Å². The summed E-state index contributed by atoms with van der Waals surface area (Å²) in [4.78, 5) is 14.4. The summed E-state index contributed by atoms with van der Waals surface area (Å²) < 4.78 is 11.5. The number of ether oxygens (including phenoxy) is 2. The Bertz CT molecular complexity index is 779. The lowest BCUT2D eigenvalue weighted by atomic mass is 10.1. The van der Waals surface area contributed by atoms with Crippen LogP contribution < -0.4 is 9.47 Å². The van der Waals surface area contributed by atoms with Crippen LogP contribution in [0.5, 0.6) is 11.5 Å². The van der Waals surface area contributed by atoms with Crippen LogP contribution in [0.2, 0.25) is 0 Å². The Morgan fingerprint density at radius 1 is 1.00 bits per heavy atom. The van der Waals surface area contributed by atoms with Gasteiger partial charge in [0.25, 0.3) is 5.91 Å². The van der Waals surface area contributed by atoms with Crippen LogP contribution in [-0.4, -0.2) is 31.0 Å². The summed E-state index contributed by atoms with van der Waals surface area (Å²) in [7, 11) is 1.63. The number of hydrogen-bond donors (Lipinski definition) is 0. The smallest absolute Gasteiger partial charge is 0.253 e. The van der Waals surface area contributed by atoms with Crippen LogP contribution in [0.25, 0.3) is 0 Å². The van der Waals surface area contributed by atoms with Gasteiger partial charge in [0, 0.05) is 24.2 Å². The first-order valence-corrected chi connectivity index (χ1v) is 9.08. The largest absolute Gasteiger partial charge is 0.496 e. The number of benzene rings is 2. The van der Waals surface area contributed by atoms with Gasteiger partial charge >= 0.3 is 0 Å². The molecule has 0 aliphatic heterocycles. The summed E-state index contributed by atoms with van der Waals surface area (Å²) in [6.45, 7) is 11.9. The molecule has 0 aliphatic carbocycles. The highest BCUT2D eigenvalue weighted by atomic mass is 16.5. The van der Waals surface area contributed by atoms with Crippen molar-refractivity contribution >= 4 is 5.91 Å². The fraction of sp³-hybridized carbons (Fsp3) is 0.409. The molecule has 0 radical (unpaired) electrons. The molecule has 2 rings (SSSR count). The predicted octanol–water partition coefficient (Wildman–Crippen LogP) is 4.68. The van der Waals surface area contributed by atoms with Gasteiger partial charge in [-0.2, -0.15) is 0 Å². The standard InChI is InChI=1S/C22H29NO3/c1-7-23(8-2)22(24)18-9-10-20(25-6)19(13-18)14-26-21-12-15(3)11-16(4)17(21)5/h9-13H,7-8,14H2,1-6H3. The Morgan fingerprint density at radius 3 is 2.31 bits per heavy atom. The van der Waals surface area contributed by atoms with Crippen LogP contribution in [0, 0.1) is 20.8 Å². The molecule has 0 unspecified atom stereocenters. The van der Waals surface area contributed by atoms with E-state index in [2.05, 4.69) is 26.8 Å². The van der Waals surface area contributed by atoms with Gasteiger partial charge in [0.15, 0.2) is 0 Å². The lowest BCUT2D eigenvalue weighted by Crippen LogP contribution is -2.30. The molecule has 2 aromatic carbocycles. The molecular weight excluding hydrogens is 326 g/mol. The molecule has 0 bridgehead atoms. The summed E-state index contributed by atoms with van der Waals surface area (Å²) in [6, 6.07) is 9.71. The summed E-state index contributed by atoms with van der Waals surface area (Å²) in [6.07, 6.45) is 0. The molecule has 2 aromatic rings. The minimum atomic E-state index is 0.0292. The zero-order valence-corrected chi connectivity index (χ0v) is 16.7. The Kier molecular flexibility index (Phi) is 6.67. The third-order valence-electron chi connectivity index (χ3n) is 4.73. The highest BCUT2D eigenvalue weighted by Crippen LogP contribution is 2.27. The Hall–Kier alpha value is -2.49. The van der Waals surface area contributed by atoms with E-state index in [1.54, 1.807) is 12.0 Å². The van der Waals surface area contributed by atoms with Crippen molar-refractivity contribution in [3.63, 3.8) is 0 Å². The van der Waals surface area contributed by atoms with Crippen LogP contribution in [0.3, 0.4) is 0 Å². The van der Waals surface area contributed by atoms with E-state index in [-0.39, 0.29) is 5.91 Å². The van der Waals surface area contributed by atoms with Crippen molar-refractivity contribution in [1.29, 1.82) is 0 Å². The number of hydrogen-bond acceptors (Lipinski definition) is 3. The fourth-order valence-corrected chi connectivity index (χ4v) is 3.02. The SMILES string of the molecule is CCN(CC)C(=O)c1ccc(OC)c(COc2cc(C)cc(C)c2C)c1. The summed E-state index contributed by atoms with van der Waals surface area (Å²) >= 11 is 0. The number of carbonyl (C=O) groups is 1. The van der Waals surface area contributed by atoms with Gasteiger partial charge in [-0.1, -0.05) is 6.07 Å². The van der Waals surface area contributed by atoms with E-state index >= 15 is 0 Å². The normalized spacial score (nSPS) is 10.5. The van der Waals surface area contributed by atoms with E-state index in [0.717, 1.165) is 22.6 Å². The van der Waals surface area contributed by atoms with E-state index in [1.807, 2.05) is 38.1 Å². The lowest BCUT2D eigenvalue weighted by Gasteiger charge is -2.20. The van der Waals surface area contributed by atoms with E-state index in [9.17, 15) is 4.79 Å². The molecule has 0 N–H and O–H groups in total. The molecule has 4 heteroatoms. The maximum atomic E-state index is 12.6. The van der Waals surface area contributed by atoms with E-state index in [4.69, 9.17) is 9.47 Å². The second-order valence-corrected chi connectivity index (χ2v) is 6.50. The molecule has 0 atom stereocenters. The third kappa shape index (κ3) is 4.37. The number of aryl methyl sites for hydroxylation is 2. The Morgan fingerprint density at radius 2 is 1.69 bits per heavy atom. The topological polar surface area (TPSA) is 38.8 Å². The van der Waals surface area contributed by atoms with Crippen molar-refractivity contribution in [1.82, 2.24) is 4.90 Å². The Balaban J connectivity index is 2.28. The van der Waals surface area contributed by atoms with Crippen LogP contribution in [0.1, 0.15) is 46.5 Å². The lowest BCUT2D eigenvalue weighted by molar-refractivity contribution is 0.0772. The molecule has 0 saturated carbocycles. The van der Waals surface area contributed by atoms with E-state index < -0.39 is 0 Å². The van der Waals surface area contributed by atoms with Gasteiger partial charge in [-0.25, -0.2) is 0 Å². The van der Waals surface area contributed by atoms with Crippen LogP contribution in [0.4, 0.5) is 0 Å². The summed E-state index contributed by atoms with van der Waals surface area (Å²) in [5.74, 6) is 1.62. The minimum Gasteiger partial charge on any atom is -0.496 e. The van der Waals surface area contributed by atoms with Crippen LogP contribution in [0.15, 0.2) is 30.3 Å². The molecule has 0 heterocycles. The highest BCUT2D eigenvalue weighted by molar-refractivity contribution is 5.94. The molecule has 26 heavy (non-hydrogen) atoms. The van der Waals surface area contributed by atoms with Gasteiger partial charge in [-0.15, -0.1) is 0 Å². The molecule has 0 aromatic heterocycles. The predicted molar refractivity (Wildman–Crippen MR) is 105 cm³/mol. The average molecular weight is 355 g/mol. The maximum Gasteiger partial charge on any atom is 0.253 e. The third-order valence-corrected chi connectivity index (χ3v) is 4.73.